The molecule has 3 aliphatic rings. The molecule has 2 aromatic heterocycles. The van der Waals surface area contributed by atoms with Gasteiger partial charge < -0.3 is 28.4 Å². The highest BCUT2D eigenvalue weighted by molar-refractivity contribution is 8.68. The topological polar surface area (TPSA) is 121 Å². The minimum Gasteiger partial charge on any atom is -0.492 e. The first-order valence-corrected chi connectivity index (χ1v) is 20.7. The molecule has 0 bridgehead atoms. The van der Waals surface area contributed by atoms with E-state index in [-0.39, 0.29) is 33.9 Å². The van der Waals surface area contributed by atoms with E-state index in [0.29, 0.717) is 11.6 Å². The molecule has 1 unspecified atom stereocenters. The van der Waals surface area contributed by atoms with Crippen LogP contribution in [0.5, 0.6) is 5.88 Å². The largest absolute Gasteiger partial charge is 0.492 e. The second-order valence-corrected chi connectivity index (χ2v) is 24.3. The van der Waals surface area contributed by atoms with Crippen LogP contribution in [0, 0.1) is 5.92 Å². The Labute approximate surface area is 246 Å². The number of hydrogen-bond acceptors (Lipinski definition) is 11. The Kier molecular flexibility index (Phi) is 8.16. The molecule has 0 spiro atoms. The summed E-state index contributed by atoms with van der Waals surface area (Å²) in [7, 11) is -2.31. The highest BCUT2D eigenvalue weighted by Crippen LogP contribution is 2.75. The van der Waals surface area contributed by atoms with Crippen LogP contribution in [0.1, 0.15) is 60.1 Å². The zero-order valence-electron chi connectivity index (χ0n) is 24.2. The second-order valence-electron chi connectivity index (χ2n) is 13.0. The summed E-state index contributed by atoms with van der Waals surface area (Å²) in [6.45, 7) is 19.3. The minimum atomic E-state index is -2.66. The predicted octanol–water partition coefficient (Wildman–Crippen LogP) is 5.69. The molecule has 5 rings (SSSR count). The summed E-state index contributed by atoms with van der Waals surface area (Å²) in [6.07, 6.45) is 2.58. The molecule has 0 radical (unpaired) electrons. The van der Waals surface area contributed by atoms with Crippen molar-refractivity contribution in [1.82, 2.24) is 19.5 Å². The van der Waals surface area contributed by atoms with Crippen molar-refractivity contribution in [3.05, 3.63) is 24.8 Å². The van der Waals surface area contributed by atoms with Crippen LogP contribution < -0.4 is 0 Å². The average molecular weight is 629 g/mol. The van der Waals surface area contributed by atoms with Crippen LogP contribution in [0.4, 0.5) is 0 Å². The van der Waals surface area contributed by atoms with Gasteiger partial charge in [-0.1, -0.05) is 44.3 Å². The van der Waals surface area contributed by atoms with Crippen molar-refractivity contribution in [2.45, 2.75) is 107 Å². The Morgan fingerprint density at radius 2 is 2.08 bits per heavy atom. The minimum absolute atomic E-state index is 0.0190. The van der Waals surface area contributed by atoms with Gasteiger partial charge in [-0.2, -0.15) is 4.98 Å². The highest BCUT2D eigenvalue weighted by atomic mass is 32.9. The summed E-state index contributed by atoms with van der Waals surface area (Å²) in [5.74, 6) is 0.201. The van der Waals surface area contributed by atoms with Crippen LogP contribution in [0.25, 0.3) is 11.2 Å². The molecule has 4 heterocycles. The zero-order chi connectivity index (χ0) is 29.3. The molecule has 222 valence electrons. The molecule has 14 heteroatoms. The number of imidazole rings is 1. The van der Waals surface area contributed by atoms with E-state index in [9.17, 15) is 10.2 Å². The number of nitrogens with zero attached hydrogens (tertiary/aromatic N) is 4. The molecule has 1 aliphatic carbocycles. The van der Waals surface area contributed by atoms with Crippen molar-refractivity contribution in [3.63, 3.8) is 0 Å². The van der Waals surface area contributed by atoms with E-state index in [0.717, 1.165) is 19.3 Å². The van der Waals surface area contributed by atoms with Crippen LogP contribution in [-0.4, -0.2) is 73.8 Å². The number of rotatable bonds is 7. The monoisotopic (exact) mass is 628 g/mol. The normalized spacial score (nSPS) is 36.7. The third kappa shape index (κ3) is 5.58. The van der Waals surface area contributed by atoms with Gasteiger partial charge in [0.05, 0.1) is 19.0 Å². The van der Waals surface area contributed by atoms with Crippen LogP contribution in [-0.2, 0) is 30.0 Å². The zero-order valence-corrected chi connectivity index (χ0v) is 27.8. The van der Waals surface area contributed by atoms with Gasteiger partial charge in [0.25, 0.3) is 0 Å². The lowest BCUT2D eigenvalue weighted by Crippen LogP contribution is -2.49. The van der Waals surface area contributed by atoms with Crippen molar-refractivity contribution in [2.75, 3.05) is 6.61 Å². The van der Waals surface area contributed by atoms with Gasteiger partial charge in [0.1, 0.15) is 24.6 Å². The summed E-state index contributed by atoms with van der Waals surface area (Å²) in [4.78, 5) is 12.3. The standard InChI is InChI=1S/C26H41N4O6PS2Si/c1-15(2)16-9-10-26(6)18(11-16)35-37(38,39-26)33-12-17-21(36-40(7,8)25(3,4)5)20(31)24(34-17)30-14-29-19-22(30)27-13-28-23(19)32/h13-14,16-18,20-21,24,31H,1,9-12H2,2-8H3,(H,27,28,32)/t16-,17+,18+,20+,21?,24+,26+,37+/m0/s1. The molecule has 1 saturated carbocycles. The molecule has 2 saturated heterocycles. The SMILES string of the molecule is C=C(C)[C@H]1CC[C@@]2(C)S[P@](=S)(OC[C@H]3O[C@@H](n4cnc5c(O)ncnc54)[C@H](O)C3O[Si](C)(C)C(C)(C)C)O[C@@H]2C1. The van der Waals surface area contributed by atoms with Crippen LogP contribution in [0.3, 0.4) is 0 Å². The Morgan fingerprint density at radius 3 is 2.75 bits per heavy atom. The molecule has 8 atom stereocenters. The maximum absolute atomic E-state index is 11.6. The predicted molar refractivity (Wildman–Crippen MR) is 162 cm³/mol. The molecular weight excluding hydrogens is 588 g/mol. The lowest BCUT2D eigenvalue weighted by Gasteiger charge is -2.40. The van der Waals surface area contributed by atoms with E-state index in [4.69, 9.17) is 30.0 Å². The molecule has 10 nitrogen and oxygen atoms in total. The van der Waals surface area contributed by atoms with Crippen LogP contribution in [0.15, 0.2) is 24.8 Å². The van der Waals surface area contributed by atoms with E-state index in [1.54, 1.807) is 15.9 Å². The van der Waals surface area contributed by atoms with Gasteiger partial charge in [0.15, 0.2) is 25.7 Å². The number of aliphatic hydroxyl groups excluding tert-OH is 1. The van der Waals surface area contributed by atoms with Crippen molar-refractivity contribution < 1.29 is 28.4 Å². The first kappa shape index (κ1) is 30.6. The fourth-order valence-corrected chi connectivity index (χ4v) is 13.8. The number of aromatic nitrogens is 4. The maximum Gasteiger partial charge on any atom is 0.248 e. The first-order chi connectivity index (χ1) is 18.5. The van der Waals surface area contributed by atoms with E-state index >= 15 is 0 Å². The van der Waals surface area contributed by atoms with Crippen molar-refractivity contribution in [1.29, 1.82) is 0 Å². The molecule has 3 fully saturated rings. The van der Waals surface area contributed by atoms with Gasteiger partial charge in [-0.05, 0) is 69.0 Å². The summed E-state index contributed by atoms with van der Waals surface area (Å²) in [6, 6.07) is 0. The fraction of sp³-hybridized carbons (Fsp3) is 0.731. The first-order valence-electron chi connectivity index (χ1n) is 13.7. The maximum atomic E-state index is 11.6. The van der Waals surface area contributed by atoms with Gasteiger partial charge in [-0.25, -0.2) is 9.97 Å². The lowest BCUT2D eigenvalue weighted by molar-refractivity contribution is -0.0475. The Balaban J connectivity index is 1.38. The Bertz CT molecular complexity index is 1340. The van der Waals surface area contributed by atoms with Crippen molar-refractivity contribution in [2.24, 2.45) is 5.92 Å². The van der Waals surface area contributed by atoms with Crippen LogP contribution in [0.2, 0.25) is 18.1 Å². The molecule has 2 aromatic rings. The van der Waals surface area contributed by atoms with Crippen molar-refractivity contribution >= 4 is 48.4 Å². The molecule has 2 aliphatic heterocycles. The summed E-state index contributed by atoms with van der Waals surface area (Å²) in [5, 5.41) is 21.6. The van der Waals surface area contributed by atoms with Gasteiger partial charge in [0, 0.05) is 4.75 Å². The second kappa shape index (κ2) is 10.7. The smallest absolute Gasteiger partial charge is 0.248 e. The van der Waals surface area contributed by atoms with E-state index < -0.39 is 38.6 Å². The van der Waals surface area contributed by atoms with Gasteiger partial charge in [-0.3, -0.25) is 4.57 Å². The molecule has 0 aromatic carbocycles. The average Bonchev–Trinajstić information content (AvgIpc) is 3.48. The number of fused-ring (bicyclic) bond motifs is 2. The molecule has 0 amide bonds. The number of hydrogen-bond donors (Lipinski definition) is 2. The fourth-order valence-electron chi connectivity index (χ4n) is 5.38. The quantitative estimate of drug-likeness (QED) is 0.224. The van der Waals surface area contributed by atoms with Crippen molar-refractivity contribution in [3.8, 4) is 5.88 Å². The summed E-state index contributed by atoms with van der Waals surface area (Å²) >= 11 is 7.67. The lowest BCUT2D eigenvalue weighted by atomic mass is 9.77. The van der Waals surface area contributed by atoms with E-state index in [1.807, 2.05) is 0 Å². The molecule has 2 N–H and O–H groups in total. The summed E-state index contributed by atoms with van der Waals surface area (Å²) in [5.41, 5.74) is -0.888. The molecule has 40 heavy (non-hydrogen) atoms. The number of aliphatic hydroxyl groups is 1. The van der Waals surface area contributed by atoms with E-state index in [1.165, 1.54) is 18.2 Å². The Hall–Kier alpha value is -0.893. The molecular formula is C26H41N4O6PS2Si. The van der Waals surface area contributed by atoms with Gasteiger partial charge in [0.2, 0.25) is 11.6 Å². The summed E-state index contributed by atoms with van der Waals surface area (Å²) < 4.78 is 27.6. The number of ether oxygens (including phenoxy) is 1. The highest BCUT2D eigenvalue weighted by Gasteiger charge is 2.55. The Morgan fingerprint density at radius 1 is 1.35 bits per heavy atom. The van der Waals surface area contributed by atoms with Gasteiger partial charge >= 0.3 is 0 Å². The van der Waals surface area contributed by atoms with E-state index in [2.05, 4.69) is 69.2 Å². The number of aromatic hydroxyl groups is 1. The third-order valence-electron chi connectivity index (χ3n) is 9.00. The van der Waals surface area contributed by atoms with Crippen LogP contribution >= 0.6 is 17.1 Å². The van der Waals surface area contributed by atoms with Gasteiger partial charge in [-0.15, -0.1) is 0 Å². The number of allylic oxidation sites excluding steroid dienone is 1. The third-order valence-corrected chi connectivity index (χ3v) is 19.3.